The lowest BCUT2D eigenvalue weighted by molar-refractivity contribution is 0.911. The van der Waals surface area contributed by atoms with E-state index < -0.39 is 0 Å². The van der Waals surface area contributed by atoms with Crippen molar-refractivity contribution < 1.29 is 0 Å². The first-order valence-corrected chi connectivity index (χ1v) is 8.88. The lowest BCUT2D eigenvalue weighted by Gasteiger charge is -2.08. The molecular formula is C19H18ClN7. The van der Waals surface area contributed by atoms with E-state index in [0.29, 0.717) is 23.3 Å². The minimum Gasteiger partial charge on any atom is -0.364 e. The van der Waals surface area contributed by atoms with Gasteiger partial charge in [0.2, 0.25) is 5.95 Å². The van der Waals surface area contributed by atoms with Crippen LogP contribution in [-0.2, 0) is 6.54 Å². The van der Waals surface area contributed by atoms with E-state index in [9.17, 15) is 0 Å². The molecule has 7 nitrogen and oxygen atoms in total. The Hall–Kier alpha value is -3.19. The van der Waals surface area contributed by atoms with Crippen LogP contribution in [0.15, 0.2) is 48.7 Å². The Morgan fingerprint density at radius 1 is 1.07 bits per heavy atom. The summed E-state index contributed by atoms with van der Waals surface area (Å²) in [5.74, 6) is 1.77. The summed E-state index contributed by atoms with van der Waals surface area (Å²) in [5, 5.41) is 11.8. The van der Waals surface area contributed by atoms with E-state index in [0.717, 1.165) is 28.5 Å². The summed E-state index contributed by atoms with van der Waals surface area (Å²) in [4.78, 5) is 13.3. The van der Waals surface area contributed by atoms with Crippen molar-refractivity contribution in [2.45, 2.75) is 20.4 Å². The second-order valence-corrected chi connectivity index (χ2v) is 6.63. The van der Waals surface area contributed by atoms with Crippen molar-refractivity contribution in [3.05, 3.63) is 70.6 Å². The third-order valence-corrected chi connectivity index (χ3v) is 4.30. The van der Waals surface area contributed by atoms with Crippen LogP contribution in [0.5, 0.6) is 0 Å². The molecule has 3 heterocycles. The van der Waals surface area contributed by atoms with Gasteiger partial charge in [0, 0.05) is 28.7 Å². The van der Waals surface area contributed by atoms with Crippen LogP contribution < -0.4 is 10.6 Å². The van der Waals surface area contributed by atoms with Gasteiger partial charge in [0.1, 0.15) is 5.82 Å². The number of hydrogen-bond acceptors (Lipinski definition) is 6. The fourth-order valence-electron chi connectivity index (χ4n) is 2.70. The molecule has 4 rings (SSSR count). The molecule has 0 unspecified atom stereocenters. The topological polar surface area (TPSA) is 80.0 Å². The van der Waals surface area contributed by atoms with Gasteiger partial charge in [-0.1, -0.05) is 23.7 Å². The number of halogens is 1. The van der Waals surface area contributed by atoms with Crippen LogP contribution in [0.2, 0.25) is 5.02 Å². The number of pyridine rings is 1. The van der Waals surface area contributed by atoms with Crippen LogP contribution in [0.4, 0.5) is 17.5 Å². The van der Waals surface area contributed by atoms with Crippen LogP contribution in [0.25, 0.3) is 5.78 Å². The first kappa shape index (κ1) is 17.2. The summed E-state index contributed by atoms with van der Waals surface area (Å²) in [7, 11) is 0. The molecule has 0 aliphatic heterocycles. The third-order valence-electron chi connectivity index (χ3n) is 4.06. The molecule has 3 aromatic heterocycles. The Morgan fingerprint density at radius 3 is 2.78 bits per heavy atom. The van der Waals surface area contributed by atoms with Crippen LogP contribution in [-0.4, -0.2) is 24.6 Å². The Bertz CT molecular complexity index is 1090. The lowest BCUT2D eigenvalue weighted by Crippen LogP contribution is -2.07. The van der Waals surface area contributed by atoms with Crippen LogP contribution in [0, 0.1) is 13.8 Å². The van der Waals surface area contributed by atoms with Crippen LogP contribution >= 0.6 is 11.6 Å². The molecule has 0 atom stereocenters. The van der Waals surface area contributed by atoms with E-state index in [4.69, 9.17) is 11.6 Å². The molecule has 0 aliphatic carbocycles. The Kier molecular flexibility index (Phi) is 4.60. The average molecular weight is 380 g/mol. The number of anilines is 3. The van der Waals surface area contributed by atoms with Gasteiger partial charge in [-0.3, -0.25) is 4.98 Å². The quantitative estimate of drug-likeness (QED) is 0.542. The van der Waals surface area contributed by atoms with Crippen LogP contribution in [0.3, 0.4) is 0 Å². The van der Waals surface area contributed by atoms with Crippen molar-refractivity contribution in [2.75, 3.05) is 10.6 Å². The van der Waals surface area contributed by atoms with Crippen molar-refractivity contribution in [3.63, 3.8) is 0 Å². The van der Waals surface area contributed by atoms with Crippen LogP contribution in [0.1, 0.15) is 17.0 Å². The Balaban J connectivity index is 1.64. The summed E-state index contributed by atoms with van der Waals surface area (Å²) < 4.78 is 1.68. The van der Waals surface area contributed by atoms with Crippen molar-refractivity contribution >= 4 is 34.8 Å². The van der Waals surface area contributed by atoms with Gasteiger partial charge < -0.3 is 10.6 Å². The summed E-state index contributed by atoms with van der Waals surface area (Å²) in [6.07, 6.45) is 1.77. The second kappa shape index (κ2) is 7.20. The summed E-state index contributed by atoms with van der Waals surface area (Å²) in [5.41, 5.74) is 3.70. The zero-order chi connectivity index (χ0) is 18.8. The second-order valence-electron chi connectivity index (χ2n) is 6.19. The van der Waals surface area contributed by atoms with Crippen molar-refractivity contribution in [1.29, 1.82) is 0 Å². The normalized spacial score (nSPS) is 10.9. The van der Waals surface area contributed by atoms with Gasteiger partial charge in [0.25, 0.3) is 5.78 Å². The fraction of sp³-hybridized carbons (Fsp3) is 0.158. The number of fused-ring (bicyclic) bond motifs is 1. The fourth-order valence-corrected chi connectivity index (χ4v) is 2.87. The molecule has 27 heavy (non-hydrogen) atoms. The Morgan fingerprint density at radius 2 is 1.96 bits per heavy atom. The molecule has 136 valence electrons. The molecule has 0 radical (unpaired) electrons. The number of rotatable bonds is 5. The molecule has 0 amide bonds. The monoisotopic (exact) mass is 379 g/mol. The average Bonchev–Trinajstić information content (AvgIpc) is 3.06. The molecule has 0 aliphatic rings. The Labute approximate surface area is 161 Å². The number of nitrogens with one attached hydrogen (secondary N) is 2. The molecular weight excluding hydrogens is 362 g/mol. The first-order valence-electron chi connectivity index (χ1n) is 8.50. The molecule has 0 saturated carbocycles. The highest BCUT2D eigenvalue weighted by atomic mass is 35.5. The van der Waals surface area contributed by atoms with Gasteiger partial charge >= 0.3 is 0 Å². The van der Waals surface area contributed by atoms with Crippen molar-refractivity contribution in [2.24, 2.45) is 0 Å². The maximum absolute atomic E-state index is 6.09. The zero-order valence-corrected chi connectivity index (χ0v) is 15.7. The first-order chi connectivity index (χ1) is 13.1. The number of benzene rings is 1. The standard InChI is InChI=1S/C19H18ClN7/c1-12-6-7-14(20)10-16(12)24-18-25-19-23-13(2)9-17(27(19)26-18)22-11-15-5-3-4-8-21-15/h3-10,22H,11H2,1-2H3,(H,24,26). The molecule has 1 aromatic carbocycles. The largest absolute Gasteiger partial charge is 0.364 e. The molecule has 4 aromatic rings. The van der Waals surface area contributed by atoms with Gasteiger partial charge in [-0.15, -0.1) is 5.10 Å². The van der Waals surface area contributed by atoms with E-state index in [1.54, 1.807) is 10.7 Å². The number of aromatic nitrogens is 5. The van der Waals surface area contributed by atoms with Gasteiger partial charge in [-0.25, -0.2) is 4.98 Å². The van der Waals surface area contributed by atoms with E-state index in [1.165, 1.54) is 0 Å². The zero-order valence-electron chi connectivity index (χ0n) is 14.9. The maximum atomic E-state index is 6.09. The summed E-state index contributed by atoms with van der Waals surface area (Å²) >= 11 is 6.09. The minimum atomic E-state index is 0.458. The predicted molar refractivity (Wildman–Crippen MR) is 107 cm³/mol. The van der Waals surface area contributed by atoms with Gasteiger partial charge in [0.15, 0.2) is 0 Å². The molecule has 2 N–H and O–H groups in total. The summed E-state index contributed by atoms with van der Waals surface area (Å²) in [6, 6.07) is 13.4. The van der Waals surface area contributed by atoms with Crippen molar-refractivity contribution in [1.82, 2.24) is 24.6 Å². The number of nitrogens with zero attached hydrogens (tertiary/aromatic N) is 5. The SMILES string of the molecule is Cc1cc(NCc2ccccn2)n2nc(Nc3cc(Cl)ccc3C)nc2n1. The predicted octanol–water partition coefficient (Wildman–Crippen LogP) is 4.15. The number of hydrogen-bond donors (Lipinski definition) is 2. The highest BCUT2D eigenvalue weighted by molar-refractivity contribution is 6.30. The van der Waals surface area contributed by atoms with Gasteiger partial charge in [-0.05, 0) is 43.7 Å². The van der Waals surface area contributed by atoms with Gasteiger partial charge in [-0.2, -0.15) is 9.50 Å². The third kappa shape index (κ3) is 3.83. The highest BCUT2D eigenvalue weighted by Crippen LogP contribution is 2.23. The van der Waals surface area contributed by atoms with E-state index in [-0.39, 0.29) is 0 Å². The van der Waals surface area contributed by atoms with Gasteiger partial charge in [0.05, 0.1) is 12.2 Å². The smallest absolute Gasteiger partial charge is 0.256 e. The number of aryl methyl sites for hydroxylation is 2. The van der Waals surface area contributed by atoms with E-state index in [1.807, 2.05) is 56.3 Å². The van der Waals surface area contributed by atoms with E-state index >= 15 is 0 Å². The summed E-state index contributed by atoms with van der Waals surface area (Å²) in [6.45, 7) is 4.50. The molecule has 8 heteroatoms. The molecule has 0 saturated heterocycles. The van der Waals surface area contributed by atoms with Crippen molar-refractivity contribution in [3.8, 4) is 0 Å². The highest BCUT2D eigenvalue weighted by Gasteiger charge is 2.11. The minimum absolute atomic E-state index is 0.458. The molecule has 0 fully saturated rings. The molecule has 0 spiro atoms. The maximum Gasteiger partial charge on any atom is 0.256 e. The molecule has 0 bridgehead atoms. The van der Waals surface area contributed by atoms with E-state index in [2.05, 4.69) is 30.7 Å². The lowest BCUT2D eigenvalue weighted by atomic mass is 10.2.